The van der Waals surface area contributed by atoms with Gasteiger partial charge in [0.05, 0.1) is 22.2 Å². The van der Waals surface area contributed by atoms with Crippen LogP contribution in [0.3, 0.4) is 0 Å². The molecule has 0 atom stereocenters. The topological polar surface area (TPSA) is 121 Å². The van der Waals surface area contributed by atoms with Crippen molar-refractivity contribution in [3.8, 4) is 22.6 Å². The highest BCUT2D eigenvalue weighted by Crippen LogP contribution is 2.48. The van der Waals surface area contributed by atoms with E-state index in [-0.39, 0.29) is 5.54 Å². The molecule has 0 amide bonds. The fraction of sp³-hybridized carbons (Fsp3) is 0.480. The van der Waals surface area contributed by atoms with Crippen molar-refractivity contribution in [3.63, 3.8) is 0 Å². The van der Waals surface area contributed by atoms with Crippen LogP contribution in [0.1, 0.15) is 69.6 Å². The Bertz CT molecular complexity index is 1340. The average Bonchev–Trinajstić information content (AvgIpc) is 3.45. The predicted octanol–water partition coefficient (Wildman–Crippen LogP) is 4.22. The summed E-state index contributed by atoms with van der Waals surface area (Å²) in [5.41, 5.74) is 11.1. The van der Waals surface area contributed by atoms with Gasteiger partial charge in [-0.05, 0) is 77.1 Å². The second-order valence-corrected chi connectivity index (χ2v) is 10.4. The number of rotatable bonds is 4. The van der Waals surface area contributed by atoms with Crippen molar-refractivity contribution < 1.29 is 4.52 Å². The Labute approximate surface area is 198 Å². The van der Waals surface area contributed by atoms with E-state index in [1.807, 2.05) is 10.9 Å². The van der Waals surface area contributed by atoms with E-state index in [1.165, 1.54) is 11.9 Å². The molecule has 34 heavy (non-hydrogen) atoms. The predicted molar refractivity (Wildman–Crippen MR) is 130 cm³/mol. The summed E-state index contributed by atoms with van der Waals surface area (Å²) in [6.07, 6.45) is 7.97. The quantitative estimate of drug-likeness (QED) is 0.466. The van der Waals surface area contributed by atoms with Crippen molar-refractivity contribution >= 4 is 16.9 Å². The van der Waals surface area contributed by atoms with Crippen LogP contribution in [0.5, 0.6) is 0 Å². The molecule has 2 fully saturated rings. The van der Waals surface area contributed by atoms with Crippen LogP contribution in [0.25, 0.3) is 33.7 Å². The Hall–Kier alpha value is -3.33. The van der Waals surface area contributed by atoms with Crippen molar-refractivity contribution in [2.24, 2.45) is 0 Å². The molecular formula is C25H30N8O. The van der Waals surface area contributed by atoms with Crippen molar-refractivity contribution in [1.82, 2.24) is 35.2 Å². The van der Waals surface area contributed by atoms with E-state index in [4.69, 9.17) is 20.3 Å². The van der Waals surface area contributed by atoms with Crippen molar-refractivity contribution in [1.29, 1.82) is 0 Å². The van der Waals surface area contributed by atoms with Crippen molar-refractivity contribution in [3.05, 3.63) is 36.0 Å². The average molecular weight is 459 g/mol. The van der Waals surface area contributed by atoms with Gasteiger partial charge in [-0.3, -0.25) is 4.98 Å². The minimum atomic E-state index is -0.296. The van der Waals surface area contributed by atoms with Gasteiger partial charge < -0.3 is 15.6 Å². The molecule has 1 aliphatic carbocycles. The maximum atomic E-state index is 6.34. The van der Waals surface area contributed by atoms with Crippen LogP contribution in [0.4, 0.5) is 5.82 Å². The molecule has 1 aliphatic heterocycles. The molecule has 4 aromatic heterocycles. The lowest BCUT2D eigenvalue weighted by atomic mass is 9.91. The summed E-state index contributed by atoms with van der Waals surface area (Å²) in [7, 11) is 0. The summed E-state index contributed by atoms with van der Waals surface area (Å²) in [6.45, 7) is 8.37. The lowest BCUT2D eigenvalue weighted by Crippen LogP contribution is -2.26. The van der Waals surface area contributed by atoms with Gasteiger partial charge in [-0.1, -0.05) is 11.2 Å². The zero-order chi connectivity index (χ0) is 23.4. The molecule has 6 rings (SSSR count). The Kier molecular flexibility index (Phi) is 4.91. The smallest absolute Gasteiger partial charge is 0.164 e. The molecule has 0 unspecified atom stereocenters. The molecule has 0 radical (unpaired) electrons. The minimum Gasteiger partial charge on any atom is -0.383 e. The summed E-state index contributed by atoms with van der Waals surface area (Å²) < 4.78 is 7.82. The standard InChI is InChI=1S/C25H30N8O/c1-25(2,3)33-24-19(23(26)29-13-30-24)20(31-33)21-18(22(34-32-21)15-4-5-15)17-7-6-16(12-28-17)14-8-10-27-11-9-14/h6-7,12-15,27H,4-5,8-11H2,1-3H3,(H2,26,29,30). The normalized spacial score (nSPS) is 17.5. The van der Waals surface area contributed by atoms with Gasteiger partial charge in [0.2, 0.25) is 0 Å². The second-order valence-electron chi connectivity index (χ2n) is 10.4. The molecule has 0 aromatic carbocycles. The van der Waals surface area contributed by atoms with Gasteiger partial charge in [-0.25, -0.2) is 14.6 Å². The van der Waals surface area contributed by atoms with E-state index in [9.17, 15) is 0 Å². The third kappa shape index (κ3) is 3.55. The Morgan fingerprint density at radius 2 is 1.79 bits per heavy atom. The fourth-order valence-corrected chi connectivity index (χ4v) is 4.89. The van der Waals surface area contributed by atoms with Gasteiger partial charge in [0, 0.05) is 12.1 Å². The third-order valence-electron chi connectivity index (χ3n) is 6.87. The molecule has 9 nitrogen and oxygen atoms in total. The van der Waals surface area contributed by atoms with Crippen molar-refractivity contribution in [2.75, 3.05) is 18.8 Å². The minimum absolute atomic E-state index is 0.296. The van der Waals surface area contributed by atoms with E-state index in [0.29, 0.717) is 40.1 Å². The molecule has 4 aromatic rings. The van der Waals surface area contributed by atoms with Crippen LogP contribution in [-0.4, -0.2) is 43.0 Å². The lowest BCUT2D eigenvalue weighted by Gasteiger charge is -2.22. The number of fused-ring (bicyclic) bond motifs is 1. The zero-order valence-electron chi connectivity index (χ0n) is 19.9. The lowest BCUT2D eigenvalue weighted by molar-refractivity contribution is 0.365. The molecule has 5 heterocycles. The van der Waals surface area contributed by atoms with Crippen molar-refractivity contribution in [2.45, 2.75) is 63.8 Å². The first kappa shape index (κ1) is 21.2. The monoisotopic (exact) mass is 458 g/mol. The molecule has 1 saturated heterocycles. The summed E-state index contributed by atoms with van der Waals surface area (Å²) in [5.74, 6) is 2.18. The van der Waals surface area contributed by atoms with Crippen LogP contribution >= 0.6 is 0 Å². The maximum Gasteiger partial charge on any atom is 0.164 e. The third-order valence-corrected chi connectivity index (χ3v) is 6.87. The number of hydrogen-bond acceptors (Lipinski definition) is 8. The fourth-order valence-electron chi connectivity index (χ4n) is 4.89. The molecule has 3 N–H and O–H groups in total. The van der Waals surface area contributed by atoms with Crippen LogP contribution in [0, 0.1) is 0 Å². The summed E-state index contributed by atoms with van der Waals surface area (Å²) in [4.78, 5) is 13.6. The molecule has 1 saturated carbocycles. The summed E-state index contributed by atoms with van der Waals surface area (Å²) in [5, 5.41) is 13.6. The van der Waals surface area contributed by atoms with E-state index in [0.717, 1.165) is 55.8 Å². The van der Waals surface area contributed by atoms with E-state index in [1.54, 1.807) is 0 Å². The molecule has 0 spiro atoms. The number of piperidine rings is 1. The first-order valence-corrected chi connectivity index (χ1v) is 12.1. The maximum absolute atomic E-state index is 6.34. The molecule has 2 aliphatic rings. The van der Waals surface area contributed by atoms with Crippen LogP contribution < -0.4 is 11.1 Å². The van der Waals surface area contributed by atoms with Gasteiger partial charge in [-0.15, -0.1) is 0 Å². The molecule has 176 valence electrons. The number of nitrogens with two attached hydrogens (primary N) is 1. The SMILES string of the molecule is CC(C)(C)n1nc(-c2noc(C3CC3)c2-c2ccc(C3CCNCC3)cn2)c2c(N)ncnc21. The van der Waals surface area contributed by atoms with E-state index < -0.39 is 0 Å². The van der Waals surface area contributed by atoms with Gasteiger partial charge in [0.1, 0.15) is 29.3 Å². The first-order valence-electron chi connectivity index (χ1n) is 12.1. The van der Waals surface area contributed by atoms with Crippen LogP contribution in [0.2, 0.25) is 0 Å². The highest BCUT2D eigenvalue weighted by molar-refractivity contribution is 6.00. The number of anilines is 1. The summed E-state index contributed by atoms with van der Waals surface area (Å²) >= 11 is 0. The zero-order valence-corrected chi connectivity index (χ0v) is 19.9. The Morgan fingerprint density at radius 1 is 1.00 bits per heavy atom. The van der Waals surface area contributed by atoms with Crippen LogP contribution in [0.15, 0.2) is 29.2 Å². The second kappa shape index (κ2) is 7.87. The summed E-state index contributed by atoms with van der Waals surface area (Å²) in [6, 6.07) is 4.30. The highest BCUT2D eigenvalue weighted by Gasteiger charge is 2.36. The number of nitrogens with zero attached hydrogens (tertiary/aromatic N) is 6. The van der Waals surface area contributed by atoms with Gasteiger partial charge >= 0.3 is 0 Å². The van der Waals surface area contributed by atoms with Gasteiger partial charge in [0.15, 0.2) is 5.65 Å². The van der Waals surface area contributed by atoms with E-state index >= 15 is 0 Å². The number of nitrogen functional groups attached to an aromatic ring is 1. The molecule has 9 heteroatoms. The van der Waals surface area contributed by atoms with Gasteiger partial charge in [-0.2, -0.15) is 5.10 Å². The highest BCUT2D eigenvalue weighted by atomic mass is 16.5. The number of hydrogen-bond donors (Lipinski definition) is 2. The van der Waals surface area contributed by atoms with E-state index in [2.05, 4.69) is 53.3 Å². The largest absolute Gasteiger partial charge is 0.383 e. The molecule has 0 bridgehead atoms. The Balaban J connectivity index is 1.51. The van der Waals surface area contributed by atoms with Gasteiger partial charge in [0.25, 0.3) is 0 Å². The first-order chi connectivity index (χ1) is 16.4. The number of nitrogens with one attached hydrogen (secondary N) is 1. The molecular weight excluding hydrogens is 428 g/mol. The van der Waals surface area contributed by atoms with Crippen LogP contribution in [-0.2, 0) is 5.54 Å². The number of pyridine rings is 1. The Morgan fingerprint density at radius 3 is 2.47 bits per heavy atom. The number of aromatic nitrogens is 6.